The smallest absolute Gasteiger partial charge is 0.252 e. The number of hydrogen-bond donors (Lipinski definition) is 1. The standard InChI is InChI=1S/C22H20N2O2.BrH/c1-17-7-9-19(10-8-17)21(25)16-24-13-11-20(12-14-24)22(26)23-15-18-5-3-2-4-6-18;/h2-14H,15-16H2,1H3;1H. The Kier molecular flexibility index (Phi) is 7.44. The summed E-state index contributed by atoms with van der Waals surface area (Å²) in [6.07, 6.45) is 3.51. The average Bonchev–Trinajstić information content (AvgIpc) is 2.68. The zero-order chi connectivity index (χ0) is 18.4. The summed E-state index contributed by atoms with van der Waals surface area (Å²) in [6.45, 7) is 2.72. The zero-order valence-corrected chi connectivity index (χ0v) is 16.6. The first-order chi connectivity index (χ1) is 12.6. The van der Waals surface area contributed by atoms with E-state index in [4.69, 9.17) is 0 Å². The van der Waals surface area contributed by atoms with E-state index in [2.05, 4.69) is 5.32 Å². The van der Waals surface area contributed by atoms with E-state index in [0.29, 0.717) is 17.7 Å². The van der Waals surface area contributed by atoms with Crippen LogP contribution in [-0.4, -0.2) is 11.7 Å². The Hall–Kier alpha value is -2.79. The van der Waals surface area contributed by atoms with Gasteiger partial charge in [0.15, 0.2) is 12.4 Å². The lowest BCUT2D eigenvalue weighted by atomic mass is 10.1. The van der Waals surface area contributed by atoms with Crippen molar-refractivity contribution in [3.63, 3.8) is 0 Å². The van der Waals surface area contributed by atoms with Gasteiger partial charge in [0.1, 0.15) is 0 Å². The third-order valence-electron chi connectivity index (χ3n) is 4.15. The van der Waals surface area contributed by atoms with Crippen molar-refractivity contribution in [2.45, 2.75) is 20.0 Å². The Balaban J connectivity index is 0.00000261. The number of ketones is 1. The minimum atomic E-state index is -0.133. The molecule has 27 heavy (non-hydrogen) atoms. The molecule has 0 bridgehead atoms. The predicted molar refractivity (Wildman–Crippen MR) is 99.8 cm³/mol. The van der Waals surface area contributed by atoms with E-state index < -0.39 is 0 Å². The number of halogens is 1. The van der Waals surface area contributed by atoms with Crippen LogP contribution in [0.3, 0.4) is 0 Å². The summed E-state index contributed by atoms with van der Waals surface area (Å²) >= 11 is 0. The number of nitrogens with one attached hydrogen (secondary N) is 1. The highest BCUT2D eigenvalue weighted by atomic mass is 79.9. The molecule has 2 aromatic carbocycles. The molecule has 0 aliphatic carbocycles. The summed E-state index contributed by atoms with van der Waals surface area (Å²) in [5.41, 5.74) is 3.43. The molecule has 0 spiro atoms. The van der Waals surface area contributed by atoms with Crippen LogP contribution in [-0.2, 0) is 13.1 Å². The minimum absolute atomic E-state index is 0. The normalized spacial score (nSPS) is 9.96. The molecule has 1 aromatic heterocycles. The van der Waals surface area contributed by atoms with Crippen molar-refractivity contribution in [3.8, 4) is 0 Å². The minimum Gasteiger partial charge on any atom is -1.00 e. The highest BCUT2D eigenvalue weighted by Gasteiger charge is 2.13. The number of pyridine rings is 1. The lowest BCUT2D eigenvalue weighted by Gasteiger charge is -2.05. The molecule has 3 aromatic rings. The maximum absolute atomic E-state index is 12.3. The number of rotatable bonds is 6. The van der Waals surface area contributed by atoms with Gasteiger partial charge in [0.25, 0.3) is 5.91 Å². The molecule has 0 aliphatic heterocycles. The molecule has 1 N–H and O–H groups in total. The first-order valence-corrected chi connectivity index (χ1v) is 8.53. The van der Waals surface area contributed by atoms with Crippen molar-refractivity contribution in [2.75, 3.05) is 0 Å². The largest absolute Gasteiger partial charge is 1.00 e. The van der Waals surface area contributed by atoms with Crippen LogP contribution in [0.5, 0.6) is 0 Å². The van der Waals surface area contributed by atoms with E-state index in [-0.39, 0.29) is 35.2 Å². The number of nitrogens with zero attached hydrogens (tertiary/aromatic N) is 1. The van der Waals surface area contributed by atoms with Gasteiger partial charge >= 0.3 is 0 Å². The third kappa shape index (κ3) is 5.86. The molecular weight excluding hydrogens is 404 g/mol. The Labute approximate surface area is 169 Å². The van der Waals surface area contributed by atoms with Gasteiger partial charge in [0.05, 0.1) is 5.56 Å². The molecule has 0 aliphatic rings. The van der Waals surface area contributed by atoms with Gasteiger partial charge in [0, 0.05) is 24.2 Å². The van der Waals surface area contributed by atoms with Crippen LogP contribution >= 0.6 is 0 Å². The molecule has 0 saturated heterocycles. The highest BCUT2D eigenvalue weighted by molar-refractivity contribution is 5.95. The van der Waals surface area contributed by atoms with Gasteiger partial charge in [-0.3, -0.25) is 9.59 Å². The maximum atomic E-state index is 12.3. The van der Waals surface area contributed by atoms with E-state index >= 15 is 0 Å². The number of aryl methyl sites for hydroxylation is 1. The van der Waals surface area contributed by atoms with Crippen LogP contribution in [0.4, 0.5) is 0 Å². The average molecular weight is 425 g/mol. The fraction of sp³-hybridized carbons (Fsp3) is 0.136. The first-order valence-electron chi connectivity index (χ1n) is 8.53. The number of carbonyl (C=O) groups is 2. The van der Waals surface area contributed by atoms with Gasteiger partial charge in [-0.25, -0.2) is 0 Å². The number of carbonyl (C=O) groups excluding carboxylic acids is 2. The van der Waals surface area contributed by atoms with E-state index in [1.807, 2.05) is 61.5 Å². The molecule has 138 valence electrons. The monoisotopic (exact) mass is 424 g/mol. The number of benzene rings is 2. The molecule has 0 saturated carbocycles. The number of Topliss-reactive ketones (excluding diaryl/α,β-unsaturated/α-hetero) is 1. The van der Waals surface area contributed by atoms with E-state index in [9.17, 15) is 9.59 Å². The van der Waals surface area contributed by atoms with Gasteiger partial charge in [-0.1, -0.05) is 60.2 Å². The lowest BCUT2D eigenvalue weighted by Crippen LogP contribution is -3.00. The zero-order valence-electron chi connectivity index (χ0n) is 15.1. The van der Waals surface area contributed by atoms with Crippen LogP contribution in [0.1, 0.15) is 31.8 Å². The molecule has 3 rings (SSSR count). The van der Waals surface area contributed by atoms with E-state index in [0.717, 1.165) is 11.1 Å². The van der Waals surface area contributed by atoms with Crippen LogP contribution in [0, 0.1) is 6.92 Å². The van der Waals surface area contributed by atoms with Crippen molar-refractivity contribution in [1.29, 1.82) is 0 Å². The summed E-state index contributed by atoms with van der Waals surface area (Å²) in [5, 5.41) is 2.89. The van der Waals surface area contributed by atoms with Crippen molar-refractivity contribution < 1.29 is 31.1 Å². The number of hydrogen-bond acceptors (Lipinski definition) is 2. The van der Waals surface area contributed by atoms with Crippen molar-refractivity contribution in [3.05, 3.63) is 101 Å². The summed E-state index contributed by atoms with van der Waals surface area (Å²) < 4.78 is 1.77. The molecule has 4 nitrogen and oxygen atoms in total. The Morgan fingerprint density at radius 3 is 2.11 bits per heavy atom. The van der Waals surface area contributed by atoms with Crippen LogP contribution < -0.4 is 26.9 Å². The van der Waals surface area contributed by atoms with Crippen LogP contribution in [0.2, 0.25) is 0 Å². The quantitative estimate of drug-likeness (QED) is 0.450. The summed E-state index contributed by atoms with van der Waals surface area (Å²) in [6, 6.07) is 20.7. The fourth-order valence-corrected chi connectivity index (χ4v) is 2.59. The van der Waals surface area contributed by atoms with Gasteiger partial charge < -0.3 is 22.3 Å². The molecule has 1 amide bonds. The second-order valence-electron chi connectivity index (χ2n) is 6.22. The van der Waals surface area contributed by atoms with Crippen LogP contribution in [0.25, 0.3) is 0 Å². The maximum Gasteiger partial charge on any atom is 0.252 e. The SMILES string of the molecule is Cc1ccc(C(=O)C[n+]2ccc(C(=O)NCc3ccccc3)cc2)cc1.[Br-]. The molecule has 0 unspecified atom stereocenters. The van der Waals surface area contributed by atoms with Crippen molar-refractivity contribution in [2.24, 2.45) is 0 Å². The Morgan fingerprint density at radius 1 is 0.852 bits per heavy atom. The second kappa shape index (κ2) is 9.78. The molecular formula is C22H21BrN2O2. The summed E-state index contributed by atoms with van der Waals surface area (Å²) in [5.74, 6) is -0.0952. The topological polar surface area (TPSA) is 50.0 Å². The molecule has 0 fully saturated rings. The van der Waals surface area contributed by atoms with Gasteiger partial charge in [-0.05, 0) is 12.5 Å². The Morgan fingerprint density at radius 2 is 1.48 bits per heavy atom. The van der Waals surface area contributed by atoms with Gasteiger partial charge in [-0.2, -0.15) is 4.57 Å². The molecule has 5 heteroatoms. The van der Waals surface area contributed by atoms with Gasteiger partial charge in [0.2, 0.25) is 12.3 Å². The lowest BCUT2D eigenvalue weighted by molar-refractivity contribution is -0.683. The molecule has 0 radical (unpaired) electrons. The summed E-state index contributed by atoms with van der Waals surface area (Å²) in [7, 11) is 0. The third-order valence-corrected chi connectivity index (χ3v) is 4.15. The van der Waals surface area contributed by atoms with Crippen molar-refractivity contribution >= 4 is 11.7 Å². The van der Waals surface area contributed by atoms with Crippen LogP contribution in [0.15, 0.2) is 79.1 Å². The number of amides is 1. The molecule has 0 atom stereocenters. The Bertz CT molecular complexity index is 892. The highest BCUT2D eigenvalue weighted by Crippen LogP contribution is 2.04. The van der Waals surface area contributed by atoms with Crippen molar-refractivity contribution in [1.82, 2.24) is 5.32 Å². The fourth-order valence-electron chi connectivity index (χ4n) is 2.59. The summed E-state index contributed by atoms with van der Waals surface area (Å²) in [4.78, 5) is 24.5. The second-order valence-corrected chi connectivity index (χ2v) is 6.22. The predicted octanol–water partition coefficient (Wildman–Crippen LogP) is 0.0994. The molecule has 1 heterocycles. The van der Waals surface area contributed by atoms with E-state index in [1.54, 1.807) is 29.1 Å². The van der Waals surface area contributed by atoms with E-state index in [1.165, 1.54) is 0 Å². The van der Waals surface area contributed by atoms with Gasteiger partial charge in [-0.15, -0.1) is 0 Å². The number of aromatic nitrogens is 1. The first kappa shape index (κ1) is 20.5.